The molecule has 0 amide bonds. The summed E-state index contributed by atoms with van der Waals surface area (Å²) in [5, 5.41) is 8.39. The van der Waals surface area contributed by atoms with Crippen molar-refractivity contribution < 1.29 is 4.74 Å². The van der Waals surface area contributed by atoms with Crippen LogP contribution in [0.4, 0.5) is 5.82 Å². The third-order valence-electron chi connectivity index (χ3n) is 5.66. The van der Waals surface area contributed by atoms with Crippen LogP contribution < -0.4 is 11.1 Å². The van der Waals surface area contributed by atoms with Crippen LogP contribution in [-0.2, 0) is 4.74 Å². The molecular weight excluding hydrogens is 314 g/mol. The van der Waals surface area contributed by atoms with Crippen molar-refractivity contribution in [2.75, 3.05) is 25.1 Å². The third kappa shape index (κ3) is 2.93. The van der Waals surface area contributed by atoms with Crippen LogP contribution in [0.1, 0.15) is 43.3 Å². The number of nitrogens with zero attached hydrogens (tertiary/aromatic N) is 3. The summed E-state index contributed by atoms with van der Waals surface area (Å²) >= 11 is 0. The smallest absolute Gasteiger partial charge is 0.127 e. The first-order chi connectivity index (χ1) is 12.3. The van der Waals surface area contributed by atoms with Crippen molar-refractivity contribution >= 4 is 5.82 Å². The van der Waals surface area contributed by atoms with E-state index in [2.05, 4.69) is 28.3 Å². The molecule has 1 aliphatic heterocycles. The van der Waals surface area contributed by atoms with Crippen molar-refractivity contribution in [1.29, 1.82) is 0 Å². The molecular formula is C19H25N5O. The molecule has 0 bridgehead atoms. The second kappa shape index (κ2) is 6.11. The fraction of sp³-hybridized carbons (Fsp3) is 0.579. The molecule has 0 aromatic carbocycles. The molecule has 2 saturated carbocycles. The Labute approximate surface area is 147 Å². The predicted molar refractivity (Wildman–Crippen MR) is 96.5 cm³/mol. The van der Waals surface area contributed by atoms with Crippen LogP contribution in [0.2, 0.25) is 0 Å². The van der Waals surface area contributed by atoms with Crippen molar-refractivity contribution in [2.24, 2.45) is 11.7 Å². The first-order valence-electron chi connectivity index (χ1n) is 9.41. The van der Waals surface area contributed by atoms with E-state index in [0.717, 1.165) is 44.1 Å². The predicted octanol–water partition coefficient (Wildman–Crippen LogP) is 2.54. The Morgan fingerprint density at radius 3 is 2.76 bits per heavy atom. The SMILES string of the molecule is NCC1CC(n2cc(-c3cccc(NC4COC4)n3)c(C3CC3)n2)C1. The molecule has 132 valence electrons. The van der Waals surface area contributed by atoms with Crippen molar-refractivity contribution in [3.63, 3.8) is 0 Å². The maximum absolute atomic E-state index is 5.78. The molecule has 2 aliphatic carbocycles. The number of nitrogens with two attached hydrogens (primary N) is 1. The fourth-order valence-corrected chi connectivity index (χ4v) is 3.75. The Balaban J connectivity index is 1.42. The molecule has 6 nitrogen and oxygen atoms in total. The van der Waals surface area contributed by atoms with Gasteiger partial charge in [0.15, 0.2) is 0 Å². The largest absolute Gasteiger partial charge is 0.377 e. The summed E-state index contributed by atoms with van der Waals surface area (Å²) in [6, 6.07) is 7.09. The molecule has 3 heterocycles. The van der Waals surface area contributed by atoms with Gasteiger partial charge in [-0.2, -0.15) is 5.10 Å². The number of pyridine rings is 1. The van der Waals surface area contributed by atoms with Gasteiger partial charge < -0.3 is 15.8 Å². The Kier molecular flexibility index (Phi) is 3.75. The molecule has 2 aromatic heterocycles. The molecule has 0 atom stereocenters. The molecule has 1 saturated heterocycles. The van der Waals surface area contributed by atoms with Gasteiger partial charge in [0, 0.05) is 17.7 Å². The van der Waals surface area contributed by atoms with Crippen LogP contribution in [0.3, 0.4) is 0 Å². The van der Waals surface area contributed by atoms with E-state index in [0.29, 0.717) is 23.9 Å². The van der Waals surface area contributed by atoms with E-state index in [1.165, 1.54) is 24.1 Å². The molecule has 2 aromatic rings. The van der Waals surface area contributed by atoms with Gasteiger partial charge in [-0.05, 0) is 50.3 Å². The fourth-order valence-electron chi connectivity index (χ4n) is 3.75. The van der Waals surface area contributed by atoms with Gasteiger partial charge in [-0.3, -0.25) is 4.68 Å². The lowest BCUT2D eigenvalue weighted by Crippen LogP contribution is -2.40. The van der Waals surface area contributed by atoms with E-state index in [1.54, 1.807) is 0 Å². The van der Waals surface area contributed by atoms with Crippen LogP contribution in [0.15, 0.2) is 24.4 Å². The maximum atomic E-state index is 5.78. The second-order valence-corrected chi connectivity index (χ2v) is 7.70. The monoisotopic (exact) mass is 339 g/mol. The summed E-state index contributed by atoms with van der Waals surface area (Å²) in [6.45, 7) is 2.32. The number of ether oxygens (including phenoxy) is 1. The van der Waals surface area contributed by atoms with Crippen molar-refractivity contribution in [3.05, 3.63) is 30.1 Å². The minimum absolute atomic E-state index is 0.386. The van der Waals surface area contributed by atoms with E-state index in [-0.39, 0.29) is 0 Å². The van der Waals surface area contributed by atoms with E-state index in [1.807, 2.05) is 6.07 Å². The Hall–Kier alpha value is -1.92. The van der Waals surface area contributed by atoms with Crippen molar-refractivity contribution in [3.8, 4) is 11.3 Å². The number of hydrogen-bond acceptors (Lipinski definition) is 5. The van der Waals surface area contributed by atoms with Crippen molar-refractivity contribution in [1.82, 2.24) is 14.8 Å². The zero-order valence-corrected chi connectivity index (χ0v) is 14.4. The number of nitrogens with one attached hydrogen (secondary N) is 1. The molecule has 3 fully saturated rings. The summed E-state index contributed by atoms with van der Waals surface area (Å²) in [5.74, 6) is 2.20. The van der Waals surface area contributed by atoms with Crippen LogP contribution in [-0.4, -0.2) is 40.6 Å². The van der Waals surface area contributed by atoms with E-state index >= 15 is 0 Å². The average Bonchev–Trinajstić information content (AvgIpc) is 3.30. The van der Waals surface area contributed by atoms with Crippen LogP contribution >= 0.6 is 0 Å². The lowest BCUT2D eigenvalue weighted by Gasteiger charge is -2.34. The van der Waals surface area contributed by atoms with Crippen LogP contribution in [0.25, 0.3) is 11.3 Å². The topological polar surface area (TPSA) is 78.0 Å². The van der Waals surface area contributed by atoms with Crippen LogP contribution in [0.5, 0.6) is 0 Å². The summed E-state index contributed by atoms with van der Waals surface area (Å²) in [5.41, 5.74) is 9.23. The highest BCUT2D eigenvalue weighted by Gasteiger charge is 2.34. The molecule has 0 spiro atoms. The first-order valence-corrected chi connectivity index (χ1v) is 9.41. The lowest BCUT2D eigenvalue weighted by molar-refractivity contribution is 0.0209. The molecule has 25 heavy (non-hydrogen) atoms. The van der Waals surface area contributed by atoms with E-state index in [9.17, 15) is 0 Å². The summed E-state index contributed by atoms with van der Waals surface area (Å²) in [4.78, 5) is 4.84. The van der Waals surface area contributed by atoms with Gasteiger partial charge in [-0.1, -0.05) is 6.07 Å². The quantitative estimate of drug-likeness (QED) is 0.846. The molecule has 3 aliphatic rings. The highest BCUT2D eigenvalue weighted by atomic mass is 16.5. The normalized spacial score (nSPS) is 26.1. The maximum Gasteiger partial charge on any atom is 0.127 e. The minimum Gasteiger partial charge on any atom is -0.377 e. The van der Waals surface area contributed by atoms with Crippen molar-refractivity contribution in [2.45, 2.75) is 43.7 Å². The highest BCUT2D eigenvalue weighted by molar-refractivity contribution is 5.64. The summed E-state index contributed by atoms with van der Waals surface area (Å²) in [7, 11) is 0. The van der Waals surface area contributed by atoms with Gasteiger partial charge in [-0.15, -0.1) is 0 Å². The van der Waals surface area contributed by atoms with Gasteiger partial charge in [-0.25, -0.2) is 4.98 Å². The highest BCUT2D eigenvalue weighted by Crippen LogP contribution is 2.45. The zero-order chi connectivity index (χ0) is 16.8. The van der Waals surface area contributed by atoms with Gasteiger partial charge in [0.05, 0.1) is 36.7 Å². The second-order valence-electron chi connectivity index (χ2n) is 7.70. The third-order valence-corrected chi connectivity index (χ3v) is 5.66. The zero-order valence-electron chi connectivity index (χ0n) is 14.4. The van der Waals surface area contributed by atoms with Gasteiger partial charge in [0.1, 0.15) is 5.82 Å². The Morgan fingerprint density at radius 1 is 1.24 bits per heavy atom. The molecule has 0 unspecified atom stereocenters. The van der Waals surface area contributed by atoms with Gasteiger partial charge >= 0.3 is 0 Å². The van der Waals surface area contributed by atoms with E-state index in [4.69, 9.17) is 20.6 Å². The number of rotatable bonds is 6. The van der Waals surface area contributed by atoms with Crippen LogP contribution in [0, 0.1) is 5.92 Å². The minimum atomic E-state index is 0.386. The summed E-state index contributed by atoms with van der Waals surface area (Å²) in [6.07, 6.45) is 7.01. The molecule has 6 heteroatoms. The number of hydrogen-bond donors (Lipinski definition) is 2. The number of aromatic nitrogens is 3. The Morgan fingerprint density at radius 2 is 2.08 bits per heavy atom. The Bertz CT molecular complexity index is 759. The summed E-state index contributed by atoms with van der Waals surface area (Å²) < 4.78 is 7.41. The lowest BCUT2D eigenvalue weighted by atomic mass is 9.80. The van der Waals surface area contributed by atoms with E-state index < -0.39 is 0 Å². The van der Waals surface area contributed by atoms with Gasteiger partial charge in [0.2, 0.25) is 0 Å². The average molecular weight is 339 g/mol. The number of anilines is 1. The molecule has 3 N–H and O–H groups in total. The van der Waals surface area contributed by atoms with Gasteiger partial charge in [0.25, 0.3) is 0 Å². The molecule has 0 radical (unpaired) electrons. The first kappa shape index (κ1) is 15.3. The molecule has 5 rings (SSSR count). The standard InChI is InChI=1S/C19H25N5O/c20-8-12-6-15(7-12)24-9-16(19(23-24)13-4-5-13)17-2-1-3-18(22-17)21-14-10-25-11-14/h1-3,9,12-15H,4-8,10-11,20H2,(H,21,22).